The van der Waals surface area contributed by atoms with Gasteiger partial charge in [0, 0.05) is 18.6 Å². The number of carbonyl (C=O) groups excluding carboxylic acids is 2. The summed E-state index contributed by atoms with van der Waals surface area (Å²) in [5.74, 6) is -1.30. The van der Waals surface area contributed by atoms with Gasteiger partial charge in [-0.05, 0) is 47.5 Å². The van der Waals surface area contributed by atoms with Crippen LogP contribution in [0.2, 0.25) is 5.02 Å². The zero-order valence-electron chi connectivity index (χ0n) is 16.2. The Hall–Kier alpha value is -3.44. The normalized spacial score (nSPS) is 13.9. The fraction of sp³-hybridized carbons (Fsp3) is 0.0833. The molecule has 0 saturated heterocycles. The molecule has 0 aromatic heterocycles. The molecule has 0 spiro atoms. The van der Waals surface area contributed by atoms with E-state index in [0.717, 1.165) is 10.5 Å². The number of likely N-dealkylation sites (N-methyl/N-ethyl adjacent to an activating group) is 1. The summed E-state index contributed by atoms with van der Waals surface area (Å²) in [5, 5.41) is 0.506. The molecule has 4 rings (SSSR count). The number of anilines is 1. The predicted octanol–water partition coefficient (Wildman–Crippen LogP) is 4.90. The lowest BCUT2D eigenvalue weighted by Gasteiger charge is -2.21. The van der Waals surface area contributed by atoms with Crippen LogP contribution < -0.4 is 4.90 Å². The molecule has 6 heteroatoms. The highest BCUT2D eigenvalue weighted by Gasteiger charge is 2.41. The molecule has 0 unspecified atom stereocenters. The van der Waals surface area contributed by atoms with Crippen LogP contribution in [0.5, 0.6) is 0 Å². The van der Waals surface area contributed by atoms with Crippen molar-refractivity contribution in [2.75, 3.05) is 11.9 Å². The Morgan fingerprint density at radius 3 is 2.13 bits per heavy atom. The summed E-state index contributed by atoms with van der Waals surface area (Å²) in [5.41, 5.74) is 2.42. The van der Waals surface area contributed by atoms with E-state index in [1.165, 1.54) is 24.3 Å². The van der Waals surface area contributed by atoms with Crippen molar-refractivity contribution in [1.29, 1.82) is 0 Å². The highest BCUT2D eigenvalue weighted by Crippen LogP contribution is 2.35. The van der Waals surface area contributed by atoms with E-state index in [2.05, 4.69) is 0 Å². The SMILES string of the molecule is CN(Cc1ccccc1)C1=C(c2ccc(F)cc2)C(=O)N(c2ccc(Cl)cc2)C1=O. The first-order valence-electron chi connectivity index (χ1n) is 9.35. The van der Waals surface area contributed by atoms with Gasteiger partial charge in [0.15, 0.2) is 0 Å². The Morgan fingerprint density at radius 2 is 1.50 bits per heavy atom. The molecule has 3 aromatic rings. The van der Waals surface area contributed by atoms with Crippen LogP contribution in [-0.4, -0.2) is 23.8 Å². The third kappa shape index (κ3) is 3.72. The molecule has 150 valence electrons. The molecule has 0 saturated carbocycles. The Balaban J connectivity index is 1.79. The zero-order valence-corrected chi connectivity index (χ0v) is 16.9. The van der Waals surface area contributed by atoms with E-state index < -0.39 is 17.6 Å². The maximum atomic E-state index is 13.5. The molecule has 4 nitrogen and oxygen atoms in total. The Kier molecular flexibility index (Phi) is 5.38. The van der Waals surface area contributed by atoms with Crippen LogP contribution in [0.4, 0.5) is 10.1 Å². The molecular weight excluding hydrogens is 403 g/mol. The Bertz CT molecular complexity index is 1130. The smallest absolute Gasteiger partial charge is 0.282 e. The van der Waals surface area contributed by atoms with Gasteiger partial charge in [0.25, 0.3) is 11.8 Å². The van der Waals surface area contributed by atoms with E-state index in [-0.39, 0.29) is 11.3 Å². The van der Waals surface area contributed by atoms with E-state index in [1.54, 1.807) is 36.2 Å². The predicted molar refractivity (Wildman–Crippen MR) is 115 cm³/mol. The van der Waals surface area contributed by atoms with E-state index >= 15 is 0 Å². The number of carbonyl (C=O) groups is 2. The fourth-order valence-electron chi connectivity index (χ4n) is 3.51. The lowest BCUT2D eigenvalue weighted by Crippen LogP contribution is -2.34. The molecule has 0 bridgehead atoms. The molecule has 0 radical (unpaired) electrons. The average molecular weight is 421 g/mol. The Labute approximate surface area is 178 Å². The van der Waals surface area contributed by atoms with Crippen LogP contribution in [0.15, 0.2) is 84.6 Å². The van der Waals surface area contributed by atoms with Gasteiger partial charge in [0.05, 0.1) is 11.3 Å². The number of benzene rings is 3. The van der Waals surface area contributed by atoms with Crippen molar-refractivity contribution in [1.82, 2.24) is 4.90 Å². The number of rotatable bonds is 5. The van der Waals surface area contributed by atoms with Crippen LogP contribution >= 0.6 is 11.6 Å². The van der Waals surface area contributed by atoms with E-state index in [4.69, 9.17) is 11.6 Å². The number of nitrogens with zero attached hydrogens (tertiary/aromatic N) is 2. The summed E-state index contributed by atoms with van der Waals surface area (Å²) in [6, 6.07) is 21.7. The molecule has 30 heavy (non-hydrogen) atoms. The lowest BCUT2D eigenvalue weighted by atomic mass is 10.0. The molecule has 1 aliphatic heterocycles. The van der Waals surface area contributed by atoms with Crippen molar-refractivity contribution < 1.29 is 14.0 Å². The largest absolute Gasteiger partial charge is 0.365 e. The maximum absolute atomic E-state index is 13.5. The zero-order chi connectivity index (χ0) is 21.3. The van der Waals surface area contributed by atoms with E-state index in [1.807, 2.05) is 30.3 Å². The second-order valence-electron chi connectivity index (χ2n) is 6.99. The second-order valence-corrected chi connectivity index (χ2v) is 7.43. The average Bonchev–Trinajstić information content (AvgIpc) is 3.00. The topological polar surface area (TPSA) is 40.6 Å². The summed E-state index contributed by atoms with van der Waals surface area (Å²) in [4.78, 5) is 29.6. The van der Waals surface area contributed by atoms with Gasteiger partial charge in [-0.15, -0.1) is 0 Å². The minimum absolute atomic E-state index is 0.244. The summed E-state index contributed by atoms with van der Waals surface area (Å²) >= 11 is 5.96. The highest BCUT2D eigenvalue weighted by molar-refractivity contribution is 6.45. The van der Waals surface area contributed by atoms with Crippen LogP contribution in [-0.2, 0) is 16.1 Å². The molecule has 0 atom stereocenters. The minimum atomic E-state index is -0.455. The van der Waals surface area contributed by atoms with Gasteiger partial charge in [-0.2, -0.15) is 0 Å². The first kappa shape index (κ1) is 19.9. The number of hydrogen-bond acceptors (Lipinski definition) is 3. The van der Waals surface area contributed by atoms with Gasteiger partial charge < -0.3 is 4.90 Å². The molecule has 1 heterocycles. The van der Waals surface area contributed by atoms with E-state index in [0.29, 0.717) is 22.8 Å². The summed E-state index contributed by atoms with van der Waals surface area (Å²) in [6.07, 6.45) is 0. The monoisotopic (exact) mass is 420 g/mol. The van der Waals surface area contributed by atoms with Gasteiger partial charge in [0.2, 0.25) is 0 Å². The van der Waals surface area contributed by atoms with Crippen molar-refractivity contribution in [3.63, 3.8) is 0 Å². The molecule has 3 aromatic carbocycles. The number of amides is 2. The van der Waals surface area contributed by atoms with Gasteiger partial charge in [0.1, 0.15) is 11.5 Å². The summed E-state index contributed by atoms with van der Waals surface area (Å²) in [7, 11) is 1.77. The molecule has 2 amide bonds. The second kappa shape index (κ2) is 8.13. The Morgan fingerprint density at radius 1 is 0.867 bits per heavy atom. The van der Waals surface area contributed by atoms with Gasteiger partial charge in [-0.25, -0.2) is 9.29 Å². The molecule has 0 fully saturated rings. The standard InChI is InChI=1S/C24H18ClFN2O2/c1-27(15-16-5-3-2-4-6-16)22-21(17-7-11-19(26)12-8-17)23(29)28(24(22)30)20-13-9-18(25)10-14-20/h2-14H,15H2,1H3. The van der Waals surface area contributed by atoms with Crippen molar-refractivity contribution >= 4 is 34.7 Å². The third-order valence-electron chi connectivity index (χ3n) is 4.92. The van der Waals surface area contributed by atoms with Crippen molar-refractivity contribution in [3.05, 3.63) is 107 Å². The number of imide groups is 1. The number of halogens is 2. The van der Waals surface area contributed by atoms with E-state index in [9.17, 15) is 14.0 Å². The van der Waals surface area contributed by atoms with Gasteiger partial charge in [-0.3, -0.25) is 9.59 Å². The van der Waals surface area contributed by atoms with Gasteiger partial charge in [-0.1, -0.05) is 54.1 Å². The first-order chi connectivity index (χ1) is 14.5. The number of hydrogen-bond donors (Lipinski definition) is 0. The van der Waals surface area contributed by atoms with Crippen LogP contribution in [0.1, 0.15) is 11.1 Å². The third-order valence-corrected chi connectivity index (χ3v) is 5.17. The van der Waals surface area contributed by atoms with Crippen molar-refractivity contribution in [3.8, 4) is 0 Å². The lowest BCUT2D eigenvalue weighted by molar-refractivity contribution is -0.120. The van der Waals surface area contributed by atoms with Crippen molar-refractivity contribution in [2.24, 2.45) is 0 Å². The summed E-state index contributed by atoms with van der Waals surface area (Å²) in [6.45, 7) is 0.439. The molecule has 0 aliphatic carbocycles. The van der Waals surface area contributed by atoms with Crippen LogP contribution in [0.25, 0.3) is 5.57 Å². The fourth-order valence-corrected chi connectivity index (χ4v) is 3.64. The first-order valence-corrected chi connectivity index (χ1v) is 9.73. The van der Waals surface area contributed by atoms with Crippen molar-refractivity contribution in [2.45, 2.75) is 6.54 Å². The van der Waals surface area contributed by atoms with Crippen LogP contribution in [0.3, 0.4) is 0 Å². The molecular formula is C24H18ClFN2O2. The van der Waals surface area contributed by atoms with Crippen LogP contribution in [0, 0.1) is 5.82 Å². The maximum Gasteiger partial charge on any atom is 0.282 e. The molecule has 0 N–H and O–H groups in total. The minimum Gasteiger partial charge on any atom is -0.365 e. The molecule has 1 aliphatic rings. The quantitative estimate of drug-likeness (QED) is 0.551. The highest BCUT2D eigenvalue weighted by atomic mass is 35.5. The summed E-state index contributed by atoms with van der Waals surface area (Å²) < 4.78 is 13.5. The van der Waals surface area contributed by atoms with Gasteiger partial charge >= 0.3 is 0 Å².